The van der Waals surface area contributed by atoms with E-state index in [0.29, 0.717) is 0 Å². The highest BCUT2D eigenvalue weighted by molar-refractivity contribution is 8.12. The summed E-state index contributed by atoms with van der Waals surface area (Å²) in [5.41, 5.74) is -0.174. The van der Waals surface area contributed by atoms with Crippen molar-refractivity contribution >= 4 is 27.6 Å². The molecular weight excluding hydrogens is 236 g/mol. The molecule has 82 valence electrons. The average molecular weight is 246 g/mol. The number of carbonyl (C=O) groups is 1. The van der Waals surface area contributed by atoms with Crippen molar-refractivity contribution < 1.29 is 18.3 Å². The molecule has 0 saturated carbocycles. The molecule has 0 fully saturated rings. The fourth-order valence-electron chi connectivity index (χ4n) is 1.13. The first-order valence-corrected chi connectivity index (χ1v) is 7.07. The quantitative estimate of drug-likeness (QED) is 0.871. The highest BCUT2D eigenvalue weighted by Crippen LogP contribution is 2.19. The zero-order chi connectivity index (χ0) is 11.5. The highest BCUT2D eigenvalue weighted by Gasteiger charge is 2.20. The van der Waals surface area contributed by atoms with Crippen LogP contribution in [-0.4, -0.2) is 30.8 Å². The minimum Gasteiger partial charge on any atom is -0.478 e. The van der Waals surface area contributed by atoms with Crippen molar-refractivity contribution in [3.05, 3.63) is 29.8 Å². The lowest BCUT2D eigenvalue weighted by molar-refractivity contribution is 0.0692. The van der Waals surface area contributed by atoms with E-state index in [-0.39, 0.29) is 15.5 Å². The summed E-state index contributed by atoms with van der Waals surface area (Å²) in [5, 5.41) is 8.71. The van der Waals surface area contributed by atoms with E-state index in [0.717, 1.165) is 11.8 Å². The Bertz CT molecular complexity index is 465. The van der Waals surface area contributed by atoms with Crippen LogP contribution in [0.1, 0.15) is 10.4 Å². The molecule has 0 aromatic heterocycles. The maximum absolute atomic E-state index is 11.7. The van der Waals surface area contributed by atoms with Crippen molar-refractivity contribution in [2.24, 2.45) is 0 Å². The van der Waals surface area contributed by atoms with Gasteiger partial charge in [0.25, 0.3) is 0 Å². The normalized spacial score (nSPS) is 11.3. The molecule has 1 aromatic carbocycles. The Hall–Kier alpha value is -1.01. The first-order valence-electron chi connectivity index (χ1n) is 4.03. The summed E-state index contributed by atoms with van der Waals surface area (Å²) in [5.74, 6) is -1.23. The Labute approximate surface area is 92.2 Å². The standard InChI is InChI=1S/C9H10O4S2/c1-14-6-15(12,13)8-5-3-2-4-7(8)9(10)11/h2-5H,6H2,1H3,(H,10,11). The van der Waals surface area contributed by atoms with Gasteiger partial charge in [0, 0.05) is 0 Å². The largest absolute Gasteiger partial charge is 0.478 e. The van der Waals surface area contributed by atoms with Gasteiger partial charge in [-0.15, -0.1) is 11.8 Å². The molecule has 0 bridgehead atoms. The molecule has 0 heterocycles. The molecule has 1 rings (SSSR count). The number of thioether (sulfide) groups is 1. The summed E-state index contributed by atoms with van der Waals surface area (Å²) in [6.45, 7) is 0. The minimum atomic E-state index is -3.50. The summed E-state index contributed by atoms with van der Waals surface area (Å²) in [4.78, 5) is 10.7. The van der Waals surface area contributed by atoms with Crippen LogP contribution in [0.25, 0.3) is 0 Å². The minimum absolute atomic E-state index is 0.114. The molecule has 0 unspecified atom stereocenters. The third-order valence-electron chi connectivity index (χ3n) is 1.73. The van der Waals surface area contributed by atoms with Crippen LogP contribution in [0.2, 0.25) is 0 Å². The van der Waals surface area contributed by atoms with Crippen molar-refractivity contribution in [3.63, 3.8) is 0 Å². The summed E-state index contributed by atoms with van der Waals surface area (Å²) in [6, 6.07) is 5.62. The van der Waals surface area contributed by atoms with Crippen LogP contribution in [0.15, 0.2) is 29.2 Å². The molecule has 0 radical (unpaired) electrons. The Balaban J connectivity index is 3.31. The van der Waals surface area contributed by atoms with E-state index in [1.807, 2.05) is 0 Å². The lowest BCUT2D eigenvalue weighted by Gasteiger charge is -2.05. The maximum Gasteiger partial charge on any atom is 0.337 e. The van der Waals surface area contributed by atoms with E-state index in [9.17, 15) is 13.2 Å². The number of benzene rings is 1. The molecule has 0 amide bonds. The van der Waals surface area contributed by atoms with Gasteiger partial charge in [0.2, 0.25) is 0 Å². The smallest absolute Gasteiger partial charge is 0.337 e. The SMILES string of the molecule is CSCS(=O)(=O)c1ccccc1C(=O)O. The Morgan fingerprint density at radius 1 is 1.40 bits per heavy atom. The summed E-state index contributed by atoms with van der Waals surface area (Å²) >= 11 is 1.14. The predicted octanol–water partition coefficient (Wildman–Crippen LogP) is 1.48. The van der Waals surface area contributed by atoms with Crippen molar-refractivity contribution in [1.82, 2.24) is 0 Å². The summed E-state index contributed by atoms with van der Waals surface area (Å²) in [6.07, 6.45) is 1.65. The van der Waals surface area contributed by atoms with Gasteiger partial charge in [-0.1, -0.05) is 12.1 Å². The van der Waals surface area contributed by atoms with Crippen LogP contribution >= 0.6 is 11.8 Å². The number of carboxylic acids is 1. The Morgan fingerprint density at radius 2 is 2.00 bits per heavy atom. The monoisotopic (exact) mass is 246 g/mol. The zero-order valence-corrected chi connectivity index (χ0v) is 9.64. The third kappa shape index (κ3) is 2.73. The number of sulfone groups is 1. The first-order chi connectivity index (χ1) is 6.99. The van der Waals surface area contributed by atoms with Crippen LogP contribution in [0, 0.1) is 0 Å². The second-order valence-corrected chi connectivity index (χ2v) is 6.01. The van der Waals surface area contributed by atoms with Gasteiger partial charge in [0.15, 0.2) is 9.84 Å². The van der Waals surface area contributed by atoms with Gasteiger partial charge in [-0.2, -0.15) is 0 Å². The molecule has 0 spiro atoms. The Kier molecular flexibility index (Phi) is 3.76. The Morgan fingerprint density at radius 3 is 2.53 bits per heavy atom. The van der Waals surface area contributed by atoms with E-state index in [1.54, 1.807) is 6.26 Å². The van der Waals surface area contributed by atoms with Crippen molar-refractivity contribution in [2.75, 3.05) is 11.3 Å². The molecule has 1 N–H and O–H groups in total. The second-order valence-electron chi connectivity index (χ2n) is 2.82. The van der Waals surface area contributed by atoms with Gasteiger partial charge >= 0.3 is 5.97 Å². The van der Waals surface area contributed by atoms with E-state index < -0.39 is 15.8 Å². The number of hydrogen-bond acceptors (Lipinski definition) is 4. The van der Waals surface area contributed by atoms with Gasteiger partial charge in [-0.25, -0.2) is 13.2 Å². The fourth-order valence-corrected chi connectivity index (χ4v) is 3.66. The van der Waals surface area contributed by atoms with Gasteiger partial charge in [-0.05, 0) is 18.4 Å². The van der Waals surface area contributed by atoms with Crippen LogP contribution in [-0.2, 0) is 9.84 Å². The molecule has 4 nitrogen and oxygen atoms in total. The maximum atomic E-state index is 11.7. The van der Waals surface area contributed by atoms with E-state index >= 15 is 0 Å². The van der Waals surface area contributed by atoms with Crippen molar-refractivity contribution in [2.45, 2.75) is 4.90 Å². The summed E-state index contributed by atoms with van der Waals surface area (Å²) < 4.78 is 23.3. The zero-order valence-electron chi connectivity index (χ0n) is 8.00. The van der Waals surface area contributed by atoms with Crippen molar-refractivity contribution in [3.8, 4) is 0 Å². The lowest BCUT2D eigenvalue weighted by Crippen LogP contribution is -2.10. The van der Waals surface area contributed by atoms with Gasteiger partial charge in [0.05, 0.1) is 10.5 Å². The van der Waals surface area contributed by atoms with Crippen molar-refractivity contribution in [1.29, 1.82) is 0 Å². The molecule has 1 aromatic rings. The molecule has 0 atom stereocenters. The van der Waals surface area contributed by atoms with Crippen LogP contribution < -0.4 is 0 Å². The number of hydrogen-bond donors (Lipinski definition) is 1. The fraction of sp³-hybridized carbons (Fsp3) is 0.222. The molecule has 0 saturated heterocycles. The first kappa shape index (κ1) is 12.1. The third-order valence-corrected chi connectivity index (χ3v) is 4.94. The average Bonchev–Trinajstić information content (AvgIpc) is 2.17. The van der Waals surface area contributed by atoms with E-state index in [4.69, 9.17) is 5.11 Å². The topological polar surface area (TPSA) is 71.4 Å². The molecule has 15 heavy (non-hydrogen) atoms. The van der Waals surface area contributed by atoms with E-state index in [1.165, 1.54) is 24.3 Å². The van der Waals surface area contributed by atoms with Crippen LogP contribution in [0.3, 0.4) is 0 Å². The molecule has 0 aliphatic carbocycles. The molecule has 0 aliphatic heterocycles. The van der Waals surface area contributed by atoms with E-state index in [2.05, 4.69) is 0 Å². The van der Waals surface area contributed by atoms with Gasteiger partial charge in [-0.3, -0.25) is 0 Å². The molecular formula is C9H10O4S2. The predicted molar refractivity (Wildman–Crippen MR) is 59.0 cm³/mol. The highest BCUT2D eigenvalue weighted by atomic mass is 32.3. The van der Waals surface area contributed by atoms with Gasteiger partial charge < -0.3 is 5.11 Å². The lowest BCUT2D eigenvalue weighted by atomic mass is 10.2. The summed E-state index contributed by atoms with van der Waals surface area (Å²) in [7, 11) is -3.50. The number of carboxylic acid groups (broad SMARTS) is 1. The van der Waals surface area contributed by atoms with Crippen LogP contribution in [0.5, 0.6) is 0 Å². The molecule has 0 aliphatic rings. The second kappa shape index (κ2) is 4.67. The van der Waals surface area contributed by atoms with Gasteiger partial charge in [0.1, 0.15) is 5.08 Å². The van der Waals surface area contributed by atoms with Crippen LogP contribution in [0.4, 0.5) is 0 Å². The number of aromatic carboxylic acids is 1. The molecule has 6 heteroatoms. The number of rotatable bonds is 4.